The molecule has 0 saturated carbocycles. The normalized spacial score (nSPS) is 13.9. The number of piperidine rings is 1. The van der Waals surface area contributed by atoms with Gasteiger partial charge in [0.1, 0.15) is 0 Å². The molecule has 1 fully saturated rings. The Morgan fingerprint density at radius 3 is 2.38 bits per heavy atom. The molecule has 0 bridgehead atoms. The van der Waals surface area contributed by atoms with E-state index in [-0.39, 0.29) is 23.2 Å². The zero-order valence-corrected chi connectivity index (χ0v) is 21.1. The van der Waals surface area contributed by atoms with Crippen molar-refractivity contribution in [3.8, 4) is 0 Å². The van der Waals surface area contributed by atoms with Crippen LogP contribution in [0.5, 0.6) is 0 Å². The van der Waals surface area contributed by atoms with Gasteiger partial charge < -0.3 is 15.5 Å². The number of carbonyl (C=O) groups excluding carboxylic acids is 2. The standard InChI is InChI=1S/C29H32N4O4/c1-20(2)30-29(35)26-19-24(31-28(34)23-9-6-10-25(18-23)33(36)37)11-12-27(26)32-15-13-22(14-16-32)17-21-7-4-3-5-8-21/h3-12,18-20,22H,13-17H2,1-2H3,(H,30,35)(H,31,34). The maximum Gasteiger partial charge on any atom is 0.270 e. The zero-order chi connectivity index (χ0) is 26.4. The van der Waals surface area contributed by atoms with E-state index in [2.05, 4.69) is 39.8 Å². The summed E-state index contributed by atoms with van der Waals surface area (Å²) in [5.41, 5.74) is 3.15. The molecule has 0 aliphatic carbocycles. The van der Waals surface area contributed by atoms with Gasteiger partial charge in [-0.05, 0) is 68.9 Å². The van der Waals surface area contributed by atoms with Gasteiger partial charge >= 0.3 is 0 Å². The lowest BCUT2D eigenvalue weighted by molar-refractivity contribution is -0.384. The SMILES string of the molecule is CC(C)NC(=O)c1cc(NC(=O)c2cccc([N+](=O)[O-])c2)ccc1N1CCC(Cc2ccccc2)CC1. The predicted molar refractivity (Wildman–Crippen MR) is 145 cm³/mol. The molecule has 0 unspecified atom stereocenters. The van der Waals surface area contributed by atoms with E-state index in [9.17, 15) is 19.7 Å². The van der Waals surface area contributed by atoms with E-state index < -0.39 is 10.8 Å². The molecule has 1 saturated heterocycles. The van der Waals surface area contributed by atoms with Crippen molar-refractivity contribution in [2.45, 2.75) is 39.2 Å². The van der Waals surface area contributed by atoms with Crippen LogP contribution in [0.1, 0.15) is 53.0 Å². The van der Waals surface area contributed by atoms with Crippen molar-refractivity contribution >= 4 is 28.9 Å². The van der Waals surface area contributed by atoms with Crippen LogP contribution in [0.15, 0.2) is 72.8 Å². The molecule has 0 spiro atoms. The quantitative estimate of drug-likeness (QED) is 0.316. The van der Waals surface area contributed by atoms with Crippen LogP contribution in [0.4, 0.5) is 17.1 Å². The number of carbonyl (C=O) groups is 2. The Balaban J connectivity index is 1.51. The number of hydrogen-bond acceptors (Lipinski definition) is 5. The number of amides is 2. The van der Waals surface area contributed by atoms with Gasteiger partial charge in [0, 0.05) is 48.2 Å². The summed E-state index contributed by atoms with van der Waals surface area (Å²) < 4.78 is 0. The Labute approximate surface area is 216 Å². The van der Waals surface area contributed by atoms with Crippen LogP contribution >= 0.6 is 0 Å². The third-order valence-electron chi connectivity index (χ3n) is 6.56. The zero-order valence-electron chi connectivity index (χ0n) is 21.1. The predicted octanol–water partition coefficient (Wildman–Crippen LogP) is 5.44. The van der Waals surface area contributed by atoms with Gasteiger partial charge in [-0.15, -0.1) is 0 Å². The third-order valence-corrected chi connectivity index (χ3v) is 6.56. The van der Waals surface area contributed by atoms with Gasteiger partial charge in [0.05, 0.1) is 10.5 Å². The van der Waals surface area contributed by atoms with E-state index in [1.54, 1.807) is 12.1 Å². The fraction of sp³-hybridized carbons (Fsp3) is 0.310. The summed E-state index contributed by atoms with van der Waals surface area (Å²) >= 11 is 0. The van der Waals surface area contributed by atoms with E-state index in [0.717, 1.165) is 38.0 Å². The maximum atomic E-state index is 13.1. The van der Waals surface area contributed by atoms with Crippen LogP contribution < -0.4 is 15.5 Å². The minimum absolute atomic E-state index is 0.0416. The highest BCUT2D eigenvalue weighted by Gasteiger charge is 2.24. The molecular weight excluding hydrogens is 468 g/mol. The molecule has 1 aliphatic heterocycles. The summed E-state index contributed by atoms with van der Waals surface area (Å²) in [5.74, 6) is -0.0867. The first-order valence-corrected chi connectivity index (χ1v) is 12.6. The lowest BCUT2D eigenvalue weighted by Gasteiger charge is -2.35. The third kappa shape index (κ3) is 6.73. The molecule has 0 radical (unpaired) electrons. The Kier molecular flexibility index (Phi) is 8.18. The lowest BCUT2D eigenvalue weighted by atomic mass is 9.89. The summed E-state index contributed by atoms with van der Waals surface area (Å²) in [6.07, 6.45) is 3.12. The summed E-state index contributed by atoms with van der Waals surface area (Å²) in [6.45, 7) is 5.50. The summed E-state index contributed by atoms with van der Waals surface area (Å²) in [7, 11) is 0. The number of nitrogens with zero attached hydrogens (tertiary/aromatic N) is 2. The molecule has 3 aromatic rings. The molecule has 1 aliphatic rings. The van der Waals surface area contributed by atoms with Crippen LogP contribution in [-0.4, -0.2) is 35.9 Å². The minimum Gasteiger partial charge on any atom is -0.371 e. The molecular formula is C29H32N4O4. The highest BCUT2D eigenvalue weighted by atomic mass is 16.6. The lowest BCUT2D eigenvalue weighted by Crippen LogP contribution is -2.37. The fourth-order valence-corrected chi connectivity index (χ4v) is 4.70. The van der Waals surface area contributed by atoms with Gasteiger partial charge in [0.25, 0.3) is 17.5 Å². The second-order valence-electron chi connectivity index (χ2n) is 9.74. The van der Waals surface area contributed by atoms with Gasteiger partial charge in [0.2, 0.25) is 0 Å². The first-order valence-electron chi connectivity index (χ1n) is 12.6. The van der Waals surface area contributed by atoms with E-state index in [0.29, 0.717) is 17.2 Å². The molecule has 192 valence electrons. The molecule has 4 rings (SSSR count). The van der Waals surface area contributed by atoms with Gasteiger partial charge in [-0.25, -0.2) is 0 Å². The highest BCUT2D eigenvalue weighted by molar-refractivity contribution is 6.06. The number of anilines is 2. The monoisotopic (exact) mass is 500 g/mol. The summed E-state index contributed by atoms with van der Waals surface area (Å²) in [6, 6.07) is 21.3. The van der Waals surface area contributed by atoms with Crippen LogP contribution in [0.25, 0.3) is 0 Å². The van der Waals surface area contributed by atoms with Crippen LogP contribution in [0.3, 0.4) is 0 Å². The van der Waals surface area contributed by atoms with E-state index in [1.165, 1.54) is 29.8 Å². The molecule has 2 amide bonds. The van der Waals surface area contributed by atoms with Crippen molar-refractivity contribution in [1.82, 2.24) is 5.32 Å². The molecule has 8 nitrogen and oxygen atoms in total. The molecule has 8 heteroatoms. The summed E-state index contributed by atoms with van der Waals surface area (Å²) in [5, 5.41) is 16.8. The highest BCUT2D eigenvalue weighted by Crippen LogP contribution is 2.30. The van der Waals surface area contributed by atoms with E-state index in [1.807, 2.05) is 26.0 Å². The first-order chi connectivity index (χ1) is 17.8. The average Bonchev–Trinajstić information content (AvgIpc) is 2.89. The van der Waals surface area contributed by atoms with Crippen molar-refractivity contribution in [1.29, 1.82) is 0 Å². The molecule has 3 aromatic carbocycles. The van der Waals surface area contributed by atoms with Crippen molar-refractivity contribution < 1.29 is 14.5 Å². The van der Waals surface area contributed by atoms with Crippen molar-refractivity contribution in [3.63, 3.8) is 0 Å². The number of non-ortho nitro benzene ring substituents is 1. The smallest absolute Gasteiger partial charge is 0.270 e. The molecule has 0 atom stereocenters. The number of rotatable bonds is 8. The van der Waals surface area contributed by atoms with Crippen LogP contribution in [0.2, 0.25) is 0 Å². The molecule has 1 heterocycles. The number of hydrogen-bond donors (Lipinski definition) is 2. The largest absolute Gasteiger partial charge is 0.371 e. The van der Waals surface area contributed by atoms with Gasteiger partial charge in [-0.1, -0.05) is 36.4 Å². The van der Waals surface area contributed by atoms with Crippen LogP contribution in [-0.2, 0) is 6.42 Å². The minimum atomic E-state index is -0.539. The van der Waals surface area contributed by atoms with Crippen molar-refractivity contribution in [3.05, 3.63) is 99.6 Å². The Morgan fingerprint density at radius 2 is 1.70 bits per heavy atom. The van der Waals surface area contributed by atoms with Gasteiger partial charge in [0.15, 0.2) is 0 Å². The Bertz CT molecular complexity index is 1270. The van der Waals surface area contributed by atoms with Crippen LogP contribution in [0, 0.1) is 16.0 Å². The van der Waals surface area contributed by atoms with Gasteiger partial charge in [-0.3, -0.25) is 19.7 Å². The fourth-order valence-electron chi connectivity index (χ4n) is 4.70. The Hall–Kier alpha value is -4.20. The van der Waals surface area contributed by atoms with E-state index in [4.69, 9.17) is 0 Å². The van der Waals surface area contributed by atoms with Crippen molar-refractivity contribution in [2.75, 3.05) is 23.3 Å². The second-order valence-corrected chi connectivity index (χ2v) is 9.74. The van der Waals surface area contributed by atoms with E-state index >= 15 is 0 Å². The number of nitrogens with one attached hydrogen (secondary N) is 2. The maximum absolute atomic E-state index is 13.1. The Morgan fingerprint density at radius 1 is 0.973 bits per heavy atom. The van der Waals surface area contributed by atoms with Gasteiger partial charge in [-0.2, -0.15) is 0 Å². The van der Waals surface area contributed by atoms with Crippen molar-refractivity contribution in [2.24, 2.45) is 5.92 Å². The average molecular weight is 501 g/mol. The number of nitro groups is 1. The number of benzene rings is 3. The molecule has 2 N–H and O–H groups in total. The molecule has 37 heavy (non-hydrogen) atoms. The number of nitro benzene ring substituents is 1. The topological polar surface area (TPSA) is 105 Å². The first kappa shape index (κ1) is 25.9. The second kappa shape index (κ2) is 11.7. The summed E-state index contributed by atoms with van der Waals surface area (Å²) in [4.78, 5) is 38.7. The molecule has 0 aromatic heterocycles.